The molecule has 0 unspecified atom stereocenters. The fourth-order valence-corrected chi connectivity index (χ4v) is 1.64. The van der Waals surface area contributed by atoms with Crippen LogP contribution in [0.5, 0.6) is 5.75 Å². The third kappa shape index (κ3) is 1.42. The Hall–Kier alpha value is -1.28. The van der Waals surface area contributed by atoms with E-state index in [0.29, 0.717) is 5.02 Å². The molecular formula is C11H10ClNO. The van der Waals surface area contributed by atoms with Crippen LogP contribution >= 0.6 is 11.6 Å². The van der Waals surface area contributed by atoms with Crippen LogP contribution in [-0.2, 0) is 0 Å². The molecule has 1 aromatic heterocycles. The van der Waals surface area contributed by atoms with E-state index in [0.717, 1.165) is 22.3 Å². The van der Waals surface area contributed by atoms with Crippen molar-refractivity contribution in [1.82, 2.24) is 4.98 Å². The molecule has 0 saturated heterocycles. The highest BCUT2D eigenvalue weighted by Crippen LogP contribution is 2.29. The first-order chi connectivity index (χ1) is 6.72. The van der Waals surface area contributed by atoms with E-state index in [4.69, 9.17) is 16.3 Å². The average Bonchev–Trinajstić information content (AvgIpc) is 2.19. The first-order valence-corrected chi connectivity index (χ1v) is 4.70. The average molecular weight is 208 g/mol. The molecule has 72 valence electrons. The van der Waals surface area contributed by atoms with Crippen molar-refractivity contribution in [2.24, 2.45) is 0 Å². The van der Waals surface area contributed by atoms with Gasteiger partial charge in [-0.15, -0.1) is 0 Å². The van der Waals surface area contributed by atoms with Crippen molar-refractivity contribution in [3.63, 3.8) is 0 Å². The zero-order chi connectivity index (χ0) is 10.1. The zero-order valence-corrected chi connectivity index (χ0v) is 8.80. The minimum absolute atomic E-state index is 0.657. The highest BCUT2D eigenvalue weighted by molar-refractivity contribution is 6.35. The molecule has 0 spiro atoms. The van der Waals surface area contributed by atoms with Crippen molar-refractivity contribution in [3.8, 4) is 5.75 Å². The number of ether oxygens (including phenoxy) is 1. The smallest absolute Gasteiger partial charge is 0.128 e. The van der Waals surface area contributed by atoms with Crippen molar-refractivity contribution in [2.45, 2.75) is 6.92 Å². The summed E-state index contributed by atoms with van der Waals surface area (Å²) in [6, 6.07) is 7.57. The van der Waals surface area contributed by atoms with Crippen molar-refractivity contribution in [3.05, 3.63) is 35.0 Å². The van der Waals surface area contributed by atoms with Gasteiger partial charge in [-0.05, 0) is 31.2 Å². The van der Waals surface area contributed by atoms with Crippen molar-refractivity contribution in [2.75, 3.05) is 7.11 Å². The molecule has 0 bridgehead atoms. The second-order valence-corrected chi connectivity index (χ2v) is 3.51. The van der Waals surface area contributed by atoms with E-state index in [9.17, 15) is 0 Å². The number of rotatable bonds is 1. The van der Waals surface area contributed by atoms with Gasteiger partial charge in [0.2, 0.25) is 0 Å². The second kappa shape index (κ2) is 3.46. The van der Waals surface area contributed by atoms with E-state index >= 15 is 0 Å². The Morgan fingerprint density at radius 1 is 1.21 bits per heavy atom. The molecule has 0 fully saturated rings. The highest BCUT2D eigenvalue weighted by atomic mass is 35.5. The van der Waals surface area contributed by atoms with Crippen LogP contribution in [-0.4, -0.2) is 12.1 Å². The third-order valence-corrected chi connectivity index (χ3v) is 2.43. The number of hydrogen-bond donors (Lipinski definition) is 0. The fraction of sp³-hybridized carbons (Fsp3) is 0.182. The van der Waals surface area contributed by atoms with E-state index in [1.165, 1.54) is 0 Å². The number of hydrogen-bond acceptors (Lipinski definition) is 2. The van der Waals surface area contributed by atoms with Crippen LogP contribution in [0.1, 0.15) is 5.69 Å². The summed E-state index contributed by atoms with van der Waals surface area (Å²) in [5.74, 6) is 0.803. The van der Waals surface area contributed by atoms with Crippen molar-refractivity contribution >= 4 is 22.5 Å². The lowest BCUT2D eigenvalue weighted by Gasteiger charge is -2.06. The van der Waals surface area contributed by atoms with Gasteiger partial charge in [-0.1, -0.05) is 11.6 Å². The Morgan fingerprint density at radius 3 is 2.71 bits per heavy atom. The quantitative estimate of drug-likeness (QED) is 0.717. The lowest BCUT2D eigenvalue weighted by atomic mass is 10.2. The van der Waals surface area contributed by atoms with E-state index in [-0.39, 0.29) is 0 Å². The molecule has 2 aromatic rings. The summed E-state index contributed by atoms with van der Waals surface area (Å²) in [5.41, 5.74) is 1.75. The molecule has 0 saturated carbocycles. The monoisotopic (exact) mass is 207 g/mol. The topological polar surface area (TPSA) is 22.1 Å². The van der Waals surface area contributed by atoms with Crippen LogP contribution in [0.15, 0.2) is 24.3 Å². The van der Waals surface area contributed by atoms with Crippen LogP contribution in [0.2, 0.25) is 5.02 Å². The highest BCUT2D eigenvalue weighted by Gasteiger charge is 2.05. The van der Waals surface area contributed by atoms with Gasteiger partial charge in [0.1, 0.15) is 5.75 Å². The molecule has 1 heterocycles. The summed E-state index contributed by atoms with van der Waals surface area (Å²) >= 11 is 6.04. The largest absolute Gasteiger partial charge is 0.496 e. The predicted molar refractivity (Wildman–Crippen MR) is 58.0 cm³/mol. The Bertz CT molecular complexity index is 482. The standard InChI is InChI=1S/C11H10ClNO/c1-7-3-4-8-10(14-2)6-5-9(12)11(8)13-7/h3-6H,1-2H3. The Labute approximate surface area is 87.5 Å². The molecule has 0 radical (unpaired) electrons. The lowest BCUT2D eigenvalue weighted by Crippen LogP contribution is -1.89. The summed E-state index contributed by atoms with van der Waals surface area (Å²) in [6.45, 7) is 1.94. The van der Waals surface area contributed by atoms with Crippen molar-refractivity contribution < 1.29 is 4.74 Å². The molecule has 1 aromatic carbocycles. The van der Waals surface area contributed by atoms with Gasteiger partial charge in [-0.2, -0.15) is 0 Å². The molecule has 0 atom stereocenters. The van der Waals surface area contributed by atoms with Gasteiger partial charge in [0.15, 0.2) is 0 Å². The number of benzene rings is 1. The van der Waals surface area contributed by atoms with Gasteiger partial charge in [-0.25, -0.2) is 0 Å². The van der Waals surface area contributed by atoms with E-state index in [2.05, 4.69) is 4.98 Å². The summed E-state index contributed by atoms with van der Waals surface area (Å²) in [7, 11) is 1.64. The van der Waals surface area contributed by atoms with Gasteiger partial charge in [0.25, 0.3) is 0 Å². The summed E-state index contributed by atoms with van der Waals surface area (Å²) in [5, 5.41) is 1.61. The van der Waals surface area contributed by atoms with Crippen LogP contribution in [0.25, 0.3) is 10.9 Å². The first kappa shape index (κ1) is 9.28. The number of methoxy groups -OCH3 is 1. The molecule has 2 nitrogen and oxygen atoms in total. The zero-order valence-electron chi connectivity index (χ0n) is 8.04. The number of aryl methyl sites for hydroxylation is 1. The van der Waals surface area contributed by atoms with Crippen LogP contribution in [0.3, 0.4) is 0 Å². The number of pyridine rings is 1. The van der Waals surface area contributed by atoms with Gasteiger partial charge >= 0.3 is 0 Å². The van der Waals surface area contributed by atoms with Crippen LogP contribution in [0.4, 0.5) is 0 Å². The van der Waals surface area contributed by atoms with E-state index in [1.807, 2.05) is 25.1 Å². The molecule has 0 amide bonds. The number of halogens is 1. The number of aromatic nitrogens is 1. The maximum Gasteiger partial charge on any atom is 0.128 e. The Balaban J connectivity index is 2.84. The maximum atomic E-state index is 6.04. The fourth-order valence-electron chi connectivity index (χ4n) is 1.43. The molecule has 2 rings (SSSR count). The van der Waals surface area contributed by atoms with Gasteiger partial charge < -0.3 is 4.74 Å². The van der Waals surface area contributed by atoms with Crippen molar-refractivity contribution in [1.29, 1.82) is 0 Å². The molecule has 0 N–H and O–H groups in total. The molecule has 0 aliphatic carbocycles. The second-order valence-electron chi connectivity index (χ2n) is 3.10. The lowest BCUT2D eigenvalue weighted by molar-refractivity contribution is 0.420. The van der Waals surface area contributed by atoms with E-state index in [1.54, 1.807) is 13.2 Å². The van der Waals surface area contributed by atoms with Crippen LogP contribution < -0.4 is 4.74 Å². The molecular weight excluding hydrogens is 198 g/mol. The van der Waals surface area contributed by atoms with E-state index < -0.39 is 0 Å². The predicted octanol–water partition coefficient (Wildman–Crippen LogP) is 3.21. The first-order valence-electron chi connectivity index (χ1n) is 4.32. The molecule has 0 aliphatic rings. The third-order valence-electron chi connectivity index (χ3n) is 2.13. The summed E-state index contributed by atoms with van der Waals surface area (Å²) in [6.07, 6.45) is 0. The number of nitrogens with zero attached hydrogens (tertiary/aromatic N) is 1. The summed E-state index contributed by atoms with van der Waals surface area (Å²) in [4.78, 5) is 4.37. The maximum absolute atomic E-state index is 6.04. The molecule has 3 heteroatoms. The Morgan fingerprint density at radius 2 is 2.00 bits per heavy atom. The minimum atomic E-state index is 0.657. The SMILES string of the molecule is COc1ccc(Cl)c2nc(C)ccc12. The molecule has 0 aliphatic heterocycles. The van der Waals surface area contributed by atoms with Gasteiger partial charge in [-0.3, -0.25) is 4.98 Å². The van der Waals surface area contributed by atoms with Crippen LogP contribution in [0, 0.1) is 6.92 Å². The van der Waals surface area contributed by atoms with Gasteiger partial charge in [0.05, 0.1) is 17.6 Å². The van der Waals surface area contributed by atoms with Gasteiger partial charge in [0, 0.05) is 11.1 Å². The minimum Gasteiger partial charge on any atom is -0.496 e. The Kier molecular flexibility index (Phi) is 2.30. The normalized spacial score (nSPS) is 10.5. The summed E-state index contributed by atoms with van der Waals surface area (Å²) < 4.78 is 5.22. The number of fused-ring (bicyclic) bond motifs is 1. The molecule has 14 heavy (non-hydrogen) atoms.